The van der Waals surface area contributed by atoms with Gasteiger partial charge in [-0.15, -0.1) is 0 Å². The van der Waals surface area contributed by atoms with Crippen LogP contribution in [-0.4, -0.2) is 34.1 Å². The van der Waals surface area contributed by atoms with Crippen LogP contribution in [0.1, 0.15) is 32.7 Å². The van der Waals surface area contributed by atoms with Gasteiger partial charge in [-0.1, -0.05) is 30.0 Å². The lowest BCUT2D eigenvalue weighted by molar-refractivity contribution is -0.138. The number of halogens is 3. The fourth-order valence-corrected chi connectivity index (χ4v) is 3.13. The summed E-state index contributed by atoms with van der Waals surface area (Å²) in [6, 6.07) is 5.25. The first kappa shape index (κ1) is 16.8. The second kappa shape index (κ2) is 6.08. The number of hydrogen-bond acceptors (Lipinski definition) is 4. The molecule has 2 heterocycles. The minimum absolute atomic E-state index is 0.0618. The van der Waals surface area contributed by atoms with E-state index < -0.39 is 11.7 Å². The van der Waals surface area contributed by atoms with E-state index in [0.29, 0.717) is 17.7 Å². The van der Waals surface area contributed by atoms with Crippen molar-refractivity contribution in [3.8, 4) is 0 Å². The molecule has 2 aromatic rings. The van der Waals surface area contributed by atoms with Crippen LogP contribution in [0.2, 0.25) is 0 Å². The summed E-state index contributed by atoms with van der Waals surface area (Å²) in [5.41, 5.74) is 0.887. The number of fused-ring (bicyclic) bond motifs is 1. The minimum atomic E-state index is -4.54. The quantitative estimate of drug-likeness (QED) is 0.627. The molecule has 0 bridgehead atoms. The van der Waals surface area contributed by atoms with E-state index in [-0.39, 0.29) is 23.2 Å². The summed E-state index contributed by atoms with van der Waals surface area (Å²) < 4.78 is 39.7. The van der Waals surface area contributed by atoms with Crippen molar-refractivity contribution in [1.82, 2.24) is 14.9 Å². The Morgan fingerprint density at radius 3 is 2.75 bits per heavy atom. The van der Waals surface area contributed by atoms with Crippen LogP contribution in [0, 0.1) is 0 Å². The van der Waals surface area contributed by atoms with Crippen LogP contribution in [0.3, 0.4) is 0 Å². The zero-order chi connectivity index (χ0) is 17.5. The summed E-state index contributed by atoms with van der Waals surface area (Å²) in [5, 5.41) is 0.272. The molecule has 1 amide bonds. The maximum atomic E-state index is 13.2. The number of carbonyl (C=O) groups is 1. The third-order valence-electron chi connectivity index (χ3n) is 3.90. The molecule has 8 heteroatoms. The Balaban J connectivity index is 2.07. The number of nitrogens with zero attached hydrogens (tertiary/aromatic N) is 3. The number of aromatic nitrogens is 2. The molecule has 0 atom stereocenters. The van der Waals surface area contributed by atoms with Gasteiger partial charge in [0.05, 0.1) is 11.3 Å². The van der Waals surface area contributed by atoms with Gasteiger partial charge in [-0.2, -0.15) is 13.2 Å². The first-order chi connectivity index (χ1) is 11.3. The van der Waals surface area contributed by atoms with Crippen LogP contribution in [0.4, 0.5) is 13.2 Å². The molecule has 0 saturated carbocycles. The zero-order valence-electron chi connectivity index (χ0n) is 13.0. The molecule has 0 radical (unpaired) electrons. The molecule has 0 spiro atoms. The number of thioether (sulfide) groups is 1. The van der Waals surface area contributed by atoms with Crippen LogP contribution in [0.15, 0.2) is 29.6 Å². The van der Waals surface area contributed by atoms with E-state index in [2.05, 4.69) is 9.97 Å². The van der Waals surface area contributed by atoms with Crippen molar-refractivity contribution in [3.63, 3.8) is 0 Å². The van der Waals surface area contributed by atoms with Crippen LogP contribution in [0.25, 0.3) is 0 Å². The van der Waals surface area contributed by atoms with Gasteiger partial charge in [0.2, 0.25) is 0 Å². The molecule has 4 nitrogen and oxygen atoms in total. The first-order valence-corrected chi connectivity index (χ1v) is 8.37. The highest BCUT2D eigenvalue weighted by molar-refractivity contribution is 7.98. The maximum absolute atomic E-state index is 13.2. The van der Waals surface area contributed by atoms with Gasteiger partial charge in [-0.3, -0.25) is 4.79 Å². The highest BCUT2D eigenvalue weighted by atomic mass is 32.2. The van der Waals surface area contributed by atoms with Gasteiger partial charge in [0.15, 0.2) is 5.16 Å². The summed E-state index contributed by atoms with van der Waals surface area (Å²) in [7, 11) is 1.67. The molecule has 0 N–H and O–H groups in total. The normalized spacial score (nSPS) is 14.2. The average Bonchev–Trinajstić information content (AvgIpc) is 2.82. The third-order valence-corrected chi connectivity index (χ3v) is 4.46. The predicted octanol–water partition coefficient (Wildman–Crippen LogP) is 3.39. The molecule has 0 aliphatic carbocycles. The molecule has 1 aliphatic rings. The van der Waals surface area contributed by atoms with Gasteiger partial charge in [-0.25, -0.2) is 9.97 Å². The molecular formula is C16H14F3N3OS. The fourth-order valence-electron chi connectivity index (χ4n) is 2.77. The predicted molar refractivity (Wildman–Crippen MR) is 83.9 cm³/mol. The lowest BCUT2D eigenvalue weighted by Crippen LogP contribution is -2.19. The number of rotatable bonds is 3. The Morgan fingerprint density at radius 1 is 1.33 bits per heavy atom. The van der Waals surface area contributed by atoms with Crippen molar-refractivity contribution in [3.05, 3.63) is 52.3 Å². The van der Waals surface area contributed by atoms with Gasteiger partial charge >= 0.3 is 6.18 Å². The highest BCUT2D eigenvalue weighted by Gasteiger charge is 2.36. The third kappa shape index (κ3) is 2.98. The van der Waals surface area contributed by atoms with E-state index in [1.165, 1.54) is 11.8 Å². The van der Waals surface area contributed by atoms with Crippen LogP contribution >= 0.6 is 11.8 Å². The molecule has 0 fully saturated rings. The lowest BCUT2D eigenvalue weighted by Gasteiger charge is -2.14. The lowest BCUT2D eigenvalue weighted by atomic mass is 9.97. The number of amides is 1. The molecule has 3 rings (SSSR count). The molecule has 126 valence electrons. The van der Waals surface area contributed by atoms with Crippen molar-refractivity contribution in [2.24, 2.45) is 0 Å². The van der Waals surface area contributed by atoms with E-state index in [4.69, 9.17) is 0 Å². The number of alkyl halides is 3. The van der Waals surface area contributed by atoms with E-state index in [1.54, 1.807) is 30.3 Å². The molecule has 1 aliphatic heterocycles. The monoisotopic (exact) mass is 353 g/mol. The van der Waals surface area contributed by atoms with E-state index in [9.17, 15) is 18.0 Å². The summed E-state index contributed by atoms with van der Waals surface area (Å²) >= 11 is 1.17. The molecular weight excluding hydrogens is 339 g/mol. The van der Waals surface area contributed by atoms with E-state index >= 15 is 0 Å². The number of benzene rings is 1. The van der Waals surface area contributed by atoms with Crippen molar-refractivity contribution >= 4 is 17.7 Å². The van der Waals surface area contributed by atoms with E-state index in [0.717, 1.165) is 11.8 Å². The van der Waals surface area contributed by atoms with Crippen LogP contribution in [-0.2, 0) is 19.1 Å². The summed E-state index contributed by atoms with van der Waals surface area (Å²) in [4.78, 5) is 21.6. The Bertz CT molecular complexity index is 808. The Labute approximate surface area is 141 Å². The number of carbonyl (C=O) groups excluding carboxylic acids is 1. The van der Waals surface area contributed by atoms with Gasteiger partial charge in [0.1, 0.15) is 0 Å². The first-order valence-electron chi connectivity index (χ1n) is 7.14. The average molecular weight is 353 g/mol. The Kier molecular flexibility index (Phi) is 4.25. The fraction of sp³-hybridized carbons (Fsp3) is 0.312. The van der Waals surface area contributed by atoms with Crippen molar-refractivity contribution < 1.29 is 18.0 Å². The smallest absolute Gasteiger partial charge is 0.337 e. The molecule has 0 saturated heterocycles. The van der Waals surface area contributed by atoms with Crippen LogP contribution in [0.5, 0.6) is 0 Å². The maximum Gasteiger partial charge on any atom is 0.419 e. The van der Waals surface area contributed by atoms with Gasteiger partial charge in [0.25, 0.3) is 5.91 Å². The van der Waals surface area contributed by atoms with Crippen molar-refractivity contribution in [2.45, 2.75) is 24.3 Å². The van der Waals surface area contributed by atoms with E-state index in [1.807, 2.05) is 6.07 Å². The molecule has 24 heavy (non-hydrogen) atoms. The summed E-state index contributed by atoms with van der Waals surface area (Å²) in [6.07, 6.45) is -2.09. The molecule has 0 unspecified atom stereocenters. The summed E-state index contributed by atoms with van der Waals surface area (Å²) in [5.74, 6) is -0.173. The molecule has 1 aromatic heterocycles. The zero-order valence-corrected chi connectivity index (χ0v) is 13.8. The van der Waals surface area contributed by atoms with Crippen LogP contribution < -0.4 is 0 Å². The topological polar surface area (TPSA) is 46.1 Å². The van der Waals surface area contributed by atoms with Gasteiger partial charge < -0.3 is 4.90 Å². The Morgan fingerprint density at radius 2 is 2.08 bits per heavy atom. The second-order valence-electron chi connectivity index (χ2n) is 5.50. The summed E-state index contributed by atoms with van der Waals surface area (Å²) in [6.45, 7) is 0.466. The molecule has 1 aromatic carbocycles. The Hall–Kier alpha value is -2.09. The largest absolute Gasteiger partial charge is 0.419 e. The standard InChI is InChI=1S/C16H14F3N3OS/c1-22-8-10-5-3-4-9(13(10)14(22)23)6-12-11(16(17,18)19)7-20-15(21-12)24-2/h3-5,7H,6,8H2,1-2H3. The van der Waals surface area contributed by atoms with Crippen molar-refractivity contribution in [1.29, 1.82) is 0 Å². The minimum Gasteiger partial charge on any atom is -0.337 e. The highest BCUT2D eigenvalue weighted by Crippen LogP contribution is 2.34. The van der Waals surface area contributed by atoms with Gasteiger partial charge in [-0.05, 0) is 17.4 Å². The van der Waals surface area contributed by atoms with Crippen molar-refractivity contribution in [2.75, 3.05) is 13.3 Å². The number of hydrogen-bond donors (Lipinski definition) is 0. The second-order valence-corrected chi connectivity index (χ2v) is 6.28. The SMILES string of the molecule is CSc1ncc(C(F)(F)F)c(Cc2cccc3c2C(=O)N(C)C3)n1. The van der Waals surface area contributed by atoms with Gasteiger partial charge in [0, 0.05) is 31.8 Å².